The van der Waals surface area contributed by atoms with Gasteiger partial charge in [-0.1, -0.05) is 66.7 Å². The number of alkyl carbamates (subject to hydrolysis) is 1. The van der Waals surface area contributed by atoms with Gasteiger partial charge in [-0.05, 0) is 40.3 Å². The van der Waals surface area contributed by atoms with Gasteiger partial charge in [0.15, 0.2) is 6.10 Å². The highest BCUT2D eigenvalue weighted by atomic mass is 16.5. The molecule has 0 heterocycles. The maximum Gasteiger partial charge on any atom is 0.407 e. The first-order valence-electron chi connectivity index (χ1n) is 11.3. The van der Waals surface area contributed by atoms with Gasteiger partial charge in [-0.3, -0.25) is 4.79 Å². The van der Waals surface area contributed by atoms with Crippen LogP contribution in [0.1, 0.15) is 33.0 Å². The second kappa shape index (κ2) is 10.8. The third kappa shape index (κ3) is 5.50. The molecule has 0 spiro atoms. The normalized spacial score (nSPS) is 12.8. The van der Waals surface area contributed by atoms with Crippen LogP contribution in [-0.4, -0.2) is 54.0 Å². The van der Waals surface area contributed by atoms with Crippen LogP contribution in [0.3, 0.4) is 0 Å². The van der Waals surface area contributed by atoms with E-state index in [1.165, 1.54) is 0 Å². The molecule has 1 atom stereocenters. The zero-order valence-corrected chi connectivity index (χ0v) is 18.9. The molecule has 0 aliphatic heterocycles. The zero-order valence-electron chi connectivity index (χ0n) is 18.9. The SMILES string of the molecule is O=C(NCCc1ccccc1C(=O)NCC(O)C(=O)O)OCC1c2ccccc2-c2ccccc21. The molecule has 1 unspecified atom stereocenters. The lowest BCUT2D eigenvalue weighted by Crippen LogP contribution is -2.37. The number of carbonyl (C=O) groups is 3. The number of benzene rings is 3. The number of aliphatic hydroxyl groups is 1. The highest BCUT2D eigenvalue weighted by molar-refractivity contribution is 5.96. The van der Waals surface area contributed by atoms with E-state index in [0.29, 0.717) is 17.5 Å². The maximum atomic E-state index is 12.4. The second-order valence-electron chi connectivity index (χ2n) is 8.22. The predicted molar refractivity (Wildman–Crippen MR) is 129 cm³/mol. The number of ether oxygens (including phenoxy) is 1. The van der Waals surface area contributed by atoms with Gasteiger partial charge in [0.1, 0.15) is 6.61 Å². The Bertz CT molecular complexity index is 1200. The molecule has 8 heteroatoms. The minimum Gasteiger partial charge on any atom is -0.479 e. The Morgan fingerprint density at radius 3 is 2.11 bits per heavy atom. The van der Waals surface area contributed by atoms with Crippen LogP contribution < -0.4 is 10.6 Å². The Morgan fingerprint density at radius 1 is 0.857 bits per heavy atom. The molecule has 0 aromatic heterocycles. The van der Waals surface area contributed by atoms with Crippen LogP contribution in [0.2, 0.25) is 0 Å². The fourth-order valence-electron chi connectivity index (χ4n) is 4.28. The molecule has 0 saturated heterocycles. The van der Waals surface area contributed by atoms with E-state index in [9.17, 15) is 19.5 Å². The topological polar surface area (TPSA) is 125 Å². The van der Waals surface area contributed by atoms with E-state index in [0.717, 1.165) is 22.3 Å². The Hall–Kier alpha value is -4.17. The number of amides is 2. The van der Waals surface area contributed by atoms with Crippen molar-refractivity contribution in [3.8, 4) is 11.1 Å². The van der Waals surface area contributed by atoms with E-state index >= 15 is 0 Å². The predicted octanol–water partition coefficient (Wildman–Crippen LogP) is 2.94. The molecular weight excluding hydrogens is 448 g/mol. The molecule has 180 valence electrons. The van der Waals surface area contributed by atoms with Gasteiger partial charge in [-0.2, -0.15) is 0 Å². The molecule has 3 aromatic rings. The van der Waals surface area contributed by atoms with E-state index in [2.05, 4.69) is 34.9 Å². The molecule has 4 N–H and O–H groups in total. The van der Waals surface area contributed by atoms with Crippen molar-refractivity contribution in [1.29, 1.82) is 0 Å². The summed E-state index contributed by atoms with van der Waals surface area (Å²) < 4.78 is 5.53. The van der Waals surface area contributed by atoms with Crippen molar-refractivity contribution in [2.75, 3.05) is 19.7 Å². The first-order valence-corrected chi connectivity index (χ1v) is 11.3. The van der Waals surface area contributed by atoms with Crippen LogP contribution in [0.4, 0.5) is 4.79 Å². The molecule has 0 saturated carbocycles. The molecule has 1 aliphatic rings. The standard InChI is InChI=1S/C27H26N2O6/c30-24(26(32)33)15-29-25(31)18-8-2-1-7-17(18)13-14-28-27(34)35-16-23-21-11-5-3-9-19(21)20-10-4-6-12-22(20)23/h1-12,23-24,30H,13-16H2,(H,28,34)(H,29,31)(H,32,33). The first-order chi connectivity index (χ1) is 17.0. The number of fused-ring (bicyclic) bond motifs is 3. The van der Waals surface area contributed by atoms with Gasteiger partial charge in [-0.25, -0.2) is 9.59 Å². The van der Waals surface area contributed by atoms with Gasteiger partial charge < -0.3 is 25.6 Å². The minimum absolute atomic E-state index is 0.0290. The maximum absolute atomic E-state index is 12.4. The largest absolute Gasteiger partial charge is 0.479 e. The Kier molecular flexibility index (Phi) is 7.42. The van der Waals surface area contributed by atoms with Crippen molar-refractivity contribution in [2.24, 2.45) is 0 Å². The lowest BCUT2D eigenvalue weighted by atomic mass is 9.98. The number of aliphatic hydroxyl groups excluding tert-OH is 1. The number of carboxylic acids is 1. The van der Waals surface area contributed by atoms with E-state index < -0.39 is 30.6 Å². The molecule has 4 rings (SSSR count). The third-order valence-corrected chi connectivity index (χ3v) is 6.01. The van der Waals surface area contributed by atoms with E-state index in [-0.39, 0.29) is 19.1 Å². The summed E-state index contributed by atoms with van der Waals surface area (Å²) in [5, 5.41) is 23.2. The summed E-state index contributed by atoms with van der Waals surface area (Å²) in [6.07, 6.45) is -1.85. The lowest BCUT2D eigenvalue weighted by Gasteiger charge is -2.15. The van der Waals surface area contributed by atoms with Gasteiger partial charge in [-0.15, -0.1) is 0 Å². The number of hydrogen-bond acceptors (Lipinski definition) is 5. The molecule has 1 aliphatic carbocycles. The van der Waals surface area contributed by atoms with Crippen LogP contribution in [-0.2, 0) is 16.0 Å². The zero-order chi connectivity index (χ0) is 24.8. The highest BCUT2D eigenvalue weighted by Gasteiger charge is 2.29. The molecular formula is C27H26N2O6. The molecule has 0 bridgehead atoms. The quantitative estimate of drug-likeness (QED) is 0.378. The third-order valence-electron chi connectivity index (χ3n) is 6.01. The van der Waals surface area contributed by atoms with Gasteiger partial charge in [0.2, 0.25) is 0 Å². The van der Waals surface area contributed by atoms with Gasteiger partial charge >= 0.3 is 12.1 Å². The van der Waals surface area contributed by atoms with Crippen molar-refractivity contribution in [1.82, 2.24) is 10.6 Å². The summed E-state index contributed by atoms with van der Waals surface area (Å²) in [5.74, 6) is -1.94. The van der Waals surface area contributed by atoms with Crippen LogP contribution >= 0.6 is 0 Å². The molecule has 8 nitrogen and oxygen atoms in total. The van der Waals surface area contributed by atoms with Crippen LogP contribution in [0.15, 0.2) is 72.8 Å². The molecule has 0 fully saturated rings. The van der Waals surface area contributed by atoms with Crippen LogP contribution in [0.5, 0.6) is 0 Å². The summed E-state index contributed by atoms with van der Waals surface area (Å²) in [6, 6.07) is 23.0. The molecule has 0 radical (unpaired) electrons. The number of carbonyl (C=O) groups excluding carboxylic acids is 2. The molecule has 2 amide bonds. The van der Waals surface area contributed by atoms with E-state index in [1.807, 2.05) is 24.3 Å². The summed E-state index contributed by atoms with van der Waals surface area (Å²) in [4.78, 5) is 35.5. The van der Waals surface area contributed by atoms with Gasteiger partial charge in [0, 0.05) is 18.0 Å². The summed E-state index contributed by atoms with van der Waals surface area (Å²) in [7, 11) is 0. The number of carboxylic acid groups (broad SMARTS) is 1. The Balaban J connectivity index is 1.30. The average Bonchev–Trinajstić information content (AvgIpc) is 3.19. The summed E-state index contributed by atoms with van der Waals surface area (Å²) >= 11 is 0. The number of hydrogen-bond donors (Lipinski definition) is 4. The van der Waals surface area contributed by atoms with E-state index in [1.54, 1.807) is 24.3 Å². The Labute approximate surface area is 202 Å². The Morgan fingerprint density at radius 2 is 1.46 bits per heavy atom. The number of nitrogens with one attached hydrogen (secondary N) is 2. The summed E-state index contributed by atoms with van der Waals surface area (Å²) in [6.45, 7) is 0.0595. The minimum atomic E-state index is -1.68. The first kappa shape index (κ1) is 24.0. The van der Waals surface area contributed by atoms with Crippen LogP contribution in [0.25, 0.3) is 11.1 Å². The molecule has 3 aromatic carbocycles. The average molecular weight is 475 g/mol. The molecule has 35 heavy (non-hydrogen) atoms. The smallest absolute Gasteiger partial charge is 0.407 e. The number of aliphatic carboxylic acids is 1. The van der Waals surface area contributed by atoms with Crippen molar-refractivity contribution < 1.29 is 29.3 Å². The van der Waals surface area contributed by atoms with E-state index in [4.69, 9.17) is 9.84 Å². The van der Waals surface area contributed by atoms with Crippen molar-refractivity contribution in [2.45, 2.75) is 18.4 Å². The van der Waals surface area contributed by atoms with Gasteiger partial charge in [0.05, 0.1) is 6.54 Å². The summed E-state index contributed by atoms with van der Waals surface area (Å²) in [5.41, 5.74) is 5.60. The lowest BCUT2D eigenvalue weighted by molar-refractivity contribution is -0.146. The fourth-order valence-corrected chi connectivity index (χ4v) is 4.28. The van der Waals surface area contributed by atoms with Gasteiger partial charge in [0.25, 0.3) is 5.91 Å². The highest BCUT2D eigenvalue weighted by Crippen LogP contribution is 2.44. The van der Waals surface area contributed by atoms with Crippen molar-refractivity contribution >= 4 is 18.0 Å². The monoisotopic (exact) mass is 474 g/mol. The fraction of sp³-hybridized carbons (Fsp3) is 0.222. The van der Waals surface area contributed by atoms with Crippen molar-refractivity contribution in [3.05, 3.63) is 95.1 Å². The van der Waals surface area contributed by atoms with Crippen molar-refractivity contribution in [3.63, 3.8) is 0 Å². The van der Waals surface area contributed by atoms with Crippen LogP contribution in [0, 0.1) is 0 Å². The second-order valence-corrected chi connectivity index (χ2v) is 8.22. The number of rotatable bonds is 9.